The Kier molecular flexibility index (Phi) is 5.40. The van der Waals surface area contributed by atoms with Gasteiger partial charge in [0.2, 0.25) is 11.6 Å². The number of esters is 1. The molecule has 0 spiro atoms. The maximum Gasteiger partial charge on any atom is 0.354 e. The smallest absolute Gasteiger partial charge is 0.354 e. The molecule has 1 N–H and O–H groups in total. The Labute approximate surface area is 163 Å². The lowest BCUT2D eigenvalue weighted by Crippen LogP contribution is -2.68. The van der Waals surface area contributed by atoms with Crippen molar-refractivity contribution in [2.75, 3.05) is 24.6 Å². The third-order valence-electron chi connectivity index (χ3n) is 5.06. The molecule has 1 fully saturated rings. The van der Waals surface area contributed by atoms with Crippen molar-refractivity contribution >= 4 is 29.4 Å². The number of likely N-dealkylation sites (N-methyl/N-ethyl adjacent to an activating group) is 1. The molecule has 2 aliphatic heterocycles. The summed E-state index contributed by atoms with van der Waals surface area (Å²) in [5.74, 6) is -1.49. The Bertz CT molecular complexity index is 822. The van der Waals surface area contributed by atoms with Crippen LogP contribution < -0.4 is 10.2 Å². The van der Waals surface area contributed by atoms with Crippen LogP contribution in [0.4, 0.5) is 5.69 Å². The SMILES string of the molecule is CCN1C(=O)c2ccccc2N2C(=O)CC[C@]12C(=O)OCC(=O)NCC(C)C. The van der Waals surface area contributed by atoms with Crippen LogP contribution in [0.15, 0.2) is 24.3 Å². The minimum absolute atomic E-state index is 0.118. The lowest BCUT2D eigenvalue weighted by molar-refractivity contribution is -0.160. The first-order valence-electron chi connectivity index (χ1n) is 9.51. The predicted octanol–water partition coefficient (Wildman–Crippen LogP) is 1.30. The number of ether oxygens (including phenoxy) is 1. The number of amides is 3. The highest BCUT2D eigenvalue weighted by atomic mass is 16.5. The van der Waals surface area contributed by atoms with Crippen molar-refractivity contribution in [1.82, 2.24) is 10.2 Å². The zero-order chi connectivity index (χ0) is 20.5. The fourth-order valence-corrected chi connectivity index (χ4v) is 3.79. The van der Waals surface area contributed by atoms with E-state index >= 15 is 0 Å². The first-order chi connectivity index (χ1) is 13.3. The molecule has 0 bridgehead atoms. The van der Waals surface area contributed by atoms with Crippen LogP contribution in [0, 0.1) is 5.92 Å². The van der Waals surface area contributed by atoms with Gasteiger partial charge >= 0.3 is 5.97 Å². The molecule has 1 aromatic rings. The maximum atomic E-state index is 13.1. The van der Waals surface area contributed by atoms with E-state index in [4.69, 9.17) is 4.74 Å². The fourth-order valence-electron chi connectivity index (χ4n) is 3.79. The van der Waals surface area contributed by atoms with E-state index in [-0.39, 0.29) is 37.1 Å². The second kappa shape index (κ2) is 7.61. The van der Waals surface area contributed by atoms with E-state index in [9.17, 15) is 19.2 Å². The van der Waals surface area contributed by atoms with Crippen LogP contribution >= 0.6 is 0 Å². The zero-order valence-electron chi connectivity index (χ0n) is 16.4. The number of rotatable bonds is 6. The molecule has 1 atom stereocenters. The Morgan fingerprint density at radius 2 is 1.96 bits per heavy atom. The fraction of sp³-hybridized carbons (Fsp3) is 0.500. The highest BCUT2D eigenvalue weighted by Gasteiger charge is 2.61. The van der Waals surface area contributed by atoms with Crippen molar-refractivity contribution in [3.63, 3.8) is 0 Å². The van der Waals surface area contributed by atoms with Gasteiger partial charge in [-0.1, -0.05) is 26.0 Å². The van der Waals surface area contributed by atoms with Crippen LogP contribution in [0.5, 0.6) is 0 Å². The zero-order valence-corrected chi connectivity index (χ0v) is 16.4. The third-order valence-corrected chi connectivity index (χ3v) is 5.06. The molecule has 0 aromatic heterocycles. The van der Waals surface area contributed by atoms with Gasteiger partial charge in [0.25, 0.3) is 11.8 Å². The van der Waals surface area contributed by atoms with Gasteiger partial charge in [-0.25, -0.2) is 4.79 Å². The molecule has 28 heavy (non-hydrogen) atoms. The average molecular weight is 387 g/mol. The monoisotopic (exact) mass is 387 g/mol. The summed E-state index contributed by atoms with van der Waals surface area (Å²) in [4.78, 5) is 53.5. The van der Waals surface area contributed by atoms with Gasteiger partial charge in [0.15, 0.2) is 6.61 Å². The lowest BCUT2D eigenvalue weighted by Gasteiger charge is -2.47. The minimum atomic E-state index is -1.55. The molecule has 2 aliphatic rings. The second-order valence-electron chi connectivity index (χ2n) is 7.39. The lowest BCUT2D eigenvalue weighted by atomic mass is 9.96. The number of hydrogen-bond donors (Lipinski definition) is 1. The van der Waals surface area contributed by atoms with Gasteiger partial charge in [0, 0.05) is 25.9 Å². The van der Waals surface area contributed by atoms with Crippen molar-refractivity contribution in [2.45, 2.75) is 39.3 Å². The van der Waals surface area contributed by atoms with Crippen LogP contribution in [-0.2, 0) is 19.1 Å². The van der Waals surface area contributed by atoms with Gasteiger partial charge in [-0.3, -0.25) is 19.3 Å². The number of para-hydroxylation sites is 1. The van der Waals surface area contributed by atoms with Gasteiger partial charge in [0.05, 0.1) is 11.3 Å². The van der Waals surface area contributed by atoms with E-state index in [2.05, 4.69) is 5.32 Å². The van der Waals surface area contributed by atoms with Crippen LogP contribution in [-0.4, -0.2) is 54.0 Å². The van der Waals surface area contributed by atoms with Gasteiger partial charge < -0.3 is 15.0 Å². The van der Waals surface area contributed by atoms with Gasteiger partial charge in [-0.15, -0.1) is 0 Å². The second-order valence-corrected chi connectivity index (χ2v) is 7.39. The van der Waals surface area contributed by atoms with Crippen LogP contribution in [0.1, 0.15) is 44.0 Å². The van der Waals surface area contributed by atoms with Crippen LogP contribution in [0.2, 0.25) is 0 Å². The number of carbonyl (C=O) groups is 4. The molecule has 0 saturated carbocycles. The molecule has 1 aromatic carbocycles. The number of nitrogens with one attached hydrogen (secondary N) is 1. The molecule has 150 valence electrons. The molecular formula is C20H25N3O5. The number of anilines is 1. The summed E-state index contributed by atoms with van der Waals surface area (Å²) in [5, 5.41) is 2.68. The van der Waals surface area contributed by atoms with Crippen molar-refractivity contribution < 1.29 is 23.9 Å². The average Bonchev–Trinajstić information content (AvgIpc) is 3.03. The van der Waals surface area contributed by atoms with E-state index in [1.807, 2.05) is 13.8 Å². The molecule has 1 saturated heterocycles. The van der Waals surface area contributed by atoms with E-state index in [1.165, 1.54) is 9.80 Å². The van der Waals surface area contributed by atoms with Crippen molar-refractivity contribution in [3.8, 4) is 0 Å². The maximum absolute atomic E-state index is 13.1. The summed E-state index contributed by atoms with van der Waals surface area (Å²) in [6.07, 6.45) is 0.249. The number of hydrogen-bond acceptors (Lipinski definition) is 5. The summed E-state index contributed by atoms with van der Waals surface area (Å²) in [5.41, 5.74) is -0.770. The molecule has 3 amide bonds. The Morgan fingerprint density at radius 1 is 1.25 bits per heavy atom. The topological polar surface area (TPSA) is 96.0 Å². The molecule has 8 heteroatoms. The molecule has 2 heterocycles. The van der Waals surface area contributed by atoms with E-state index in [0.29, 0.717) is 17.8 Å². The quantitative estimate of drug-likeness (QED) is 0.743. The Hall–Kier alpha value is -2.90. The normalized spacial score (nSPS) is 20.9. The van der Waals surface area contributed by atoms with Crippen molar-refractivity contribution in [3.05, 3.63) is 29.8 Å². The summed E-state index contributed by atoms with van der Waals surface area (Å²) in [6.45, 7) is 5.90. The first kappa shape index (κ1) is 19.9. The van der Waals surface area contributed by atoms with E-state index in [1.54, 1.807) is 31.2 Å². The van der Waals surface area contributed by atoms with Crippen molar-refractivity contribution in [1.29, 1.82) is 0 Å². The predicted molar refractivity (Wildman–Crippen MR) is 101 cm³/mol. The number of nitrogens with zero attached hydrogens (tertiary/aromatic N) is 2. The van der Waals surface area contributed by atoms with Gasteiger partial charge in [0.1, 0.15) is 0 Å². The highest BCUT2D eigenvalue weighted by molar-refractivity contribution is 6.15. The van der Waals surface area contributed by atoms with Crippen LogP contribution in [0.3, 0.4) is 0 Å². The molecule has 3 rings (SSSR count). The summed E-state index contributed by atoms with van der Waals surface area (Å²) >= 11 is 0. The Morgan fingerprint density at radius 3 is 2.64 bits per heavy atom. The minimum Gasteiger partial charge on any atom is -0.452 e. The van der Waals surface area contributed by atoms with Gasteiger partial charge in [-0.2, -0.15) is 0 Å². The third kappa shape index (κ3) is 3.12. The molecule has 0 radical (unpaired) electrons. The highest BCUT2D eigenvalue weighted by Crippen LogP contribution is 2.44. The molecule has 8 nitrogen and oxygen atoms in total. The largest absolute Gasteiger partial charge is 0.452 e. The van der Waals surface area contributed by atoms with E-state index in [0.717, 1.165) is 0 Å². The number of carbonyl (C=O) groups excluding carboxylic acids is 4. The number of benzene rings is 1. The summed E-state index contributed by atoms with van der Waals surface area (Å²) in [6, 6.07) is 6.73. The summed E-state index contributed by atoms with van der Waals surface area (Å²) in [7, 11) is 0. The number of fused-ring (bicyclic) bond motifs is 3. The van der Waals surface area contributed by atoms with Crippen LogP contribution in [0.25, 0.3) is 0 Å². The van der Waals surface area contributed by atoms with E-state index < -0.39 is 24.1 Å². The van der Waals surface area contributed by atoms with Crippen molar-refractivity contribution in [2.24, 2.45) is 5.92 Å². The Balaban J connectivity index is 1.90. The molecular weight excluding hydrogens is 362 g/mol. The first-order valence-corrected chi connectivity index (χ1v) is 9.51. The molecule has 0 aliphatic carbocycles. The van der Waals surface area contributed by atoms with Gasteiger partial charge in [-0.05, 0) is 25.0 Å². The summed E-state index contributed by atoms with van der Waals surface area (Å²) < 4.78 is 5.29. The molecule has 0 unspecified atom stereocenters. The standard InChI is InChI=1S/C20H25N3O5/c1-4-22-18(26)14-7-5-6-8-15(14)23-17(25)9-10-20(22,23)19(27)28-12-16(24)21-11-13(2)3/h5-8,13H,4,9-12H2,1-3H3,(H,21,24)/t20-/m0/s1.